The molecule has 29 heavy (non-hydrogen) atoms. The number of anilines is 1. The lowest BCUT2D eigenvalue weighted by atomic mass is 9.87. The summed E-state index contributed by atoms with van der Waals surface area (Å²) in [7, 11) is -3.57. The van der Waals surface area contributed by atoms with Gasteiger partial charge in [-0.2, -0.15) is 0 Å². The minimum atomic E-state index is -3.57. The van der Waals surface area contributed by atoms with Crippen molar-refractivity contribution in [2.45, 2.75) is 33.1 Å². The van der Waals surface area contributed by atoms with Crippen LogP contribution in [-0.2, 0) is 20.2 Å². The van der Waals surface area contributed by atoms with Crippen LogP contribution in [0.5, 0.6) is 5.75 Å². The topological polar surface area (TPSA) is 75.7 Å². The molecule has 0 aliphatic heterocycles. The standard InChI is InChI=1S/C22H30N2O4S/c1-17-6-10-19(11-7-17)24(29(5,26)27)16-21(25)23-14-15-28-20-12-8-18(9-13-20)22(2,3)4/h6-13H,14-16H2,1-5H3,(H,23,25). The fraction of sp³-hybridized carbons (Fsp3) is 0.409. The van der Waals surface area contributed by atoms with Gasteiger partial charge in [0.05, 0.1) is 18.5 Å². The summed E-state index contributed by atoms with van der Waals surface area (Å²) < 4.78 is 30.9. The van der Waals surface area contributed by atoms with E-state index in [1.807, 2.05) is 43.3 Å². The number of nitrogens with one attached hydrogen (secondary N) is 1. The number of sulfonamides is 1. The molecule has 1 amide bonds. The van der Waals surface area contributed by atoms with Gasteiger partial charge in [-0.1, -0.05) is 50.6 Å². The molecule has 0 fully saturated rings. The molecule has 1 N–H and O–H groups in total. The van der Waals surface area contributed by atoms with Crippen LogP contribution < -0.4 is 14.4 Å². The van der Waals surface area contributed by atoms with Gasteiger partial charge in [-0.3, -0.25) is 9.10 Å². The van der Waals surface area contributed by atoms with E-state index in [4.69, 9.17) is 4.74 Å². The highest BCUT2D eigenvalue weighted by Crippen LogP contribution is 2.24. The number of rotatable bonds is 8. The van der Waals surface area contributed by atoms with Crippen molar-refractivity contribution in [3.05, 3.63) is 59.7 Å². The van der Waals surface area contributed by atoms with E-state index < -0.39 is 10.0 Å². The Labute approximate surface area is 173 Å². The van der Waals surface area contributed by atoms with Crippen LogP contribution in [0.15, 0.2) is 48.5 Å². The number of benzene rings is 2. The van der Waals surface area contributed by atoms with Crippen molar-refractivity contribution in [1.82, 2.24) is 5.32 Å². The number of nitrogens with zero attached hydrogens (tertiary/aromatic N) is 1. The van der Waals surface area contributed by atoms with E-state index >= 15 is 0 Å². The van der Waals surface area contributed by atoms with Crippen LogP contribution in [0.25, 0.3) is 0 Å². The van der Waals surface area contributed by atoms with E-state index in [1.165, 1.54) is 5.56 Å². The molecule has 0 aromatic heterocycles. The third-order valence-electron chi connectivity index (χ3n) is 4.42. The lowest BCUT2D eigenvalue weighted by molar-refractivity contribution is -0.119. The van der Waals surface area contributed by atoms with Gasteiger partial charge in [-0.05, 0) is 42.2 Å². The summed E-state index contributed by atoms with van der Waals surface area (Å²) >= 11 is 0. The molecule has 2 aromatic rings. The van der Waals surface area contributed by atoms with Gasteiger partial charge in [0, 0.05) is 0 Å². The van der Waals surface area contributed by atoms with E-state index in [2.05, 4.69) is 26.1 Å². The number of hydrogen-bond donors (Lipinski definition) is 1. The molecule has 0 spiro atoms. The van der Waals surface area contributed by atoms with E-state index in [9.17, 15) is 13.2 Å². The minimum Gasteiger partial charge on any atom is -0.492 e. The fourth-order valence-electron chi connectivity index (χ4n) is 2.71. The molecule has 7 heteroatoms. The molecule has 0 atom stereocenters. The van der Waals surface area contributed by atoms with Crippen LogP contribution in [0.3, 0.4) is 0 Å². The third kappa shape index (κ3) is 7.09. The number of aryl methyl sites for hydroxylation is 1. The average Bonchev–Trinajstić information content (AvgIpc) is 2.63. The summed E-state index contributed by atoms with van der Waals surface area (Å²) in [5.74, 6) is 0.340. The second-order valence-electron chi connectivity index (χ2n) is 8.08. The van der Waals surface area contributed by atoms with Crippen molar-refractivity contribution in [2.24, 2.45) is 0 Å². The van der Waals surface area contributed by atoms with E-state index in [1.54, 1.807) is 12.1 Å². The fourth-order valence-corrected chi connectivity index (χ4v) is 3.56. The molecule has 0 unspecified atom stereocenters. The first-order valence-corrected chi connectivity index (χ1v) is 11.4. The zero-order chi connectivity index (χ0) is 21.7. The molecule has 158 valence electrons. The molecule has 0 bridgehead atoms. The van der Waals surface area contributed by atoms with Crippen LogP contribution in [-0.4, -0.2) is 40.3 Å². The second-order valence-corrected chi connectivity index (χ2v) is 9.98. The van der Waals surface area contributed by atoms with E-state index in [-0.39, 0.29) is 24.4 Å². The summed E-state index contributed by atoms with van der Waals surface area (Å²) in [5.41, 5.74) is 2.77. The molecular formula is C22H30N2O4S. The zero-order valence-corrected chi connectivity index (χ0v) is 18.5. The van der Waals surface area contributed by atoms with Crippen molar-refractivity contribution in [3.63, 3.8) is 0 Å². The van der Waals surface area contributed by atoms with Gasteiger partial charge in [0.1, 0.15) is 18.9 Å². The van der Waals surface area contributed by atoms with E-state index in [0.29, 0.717) is 12.3 Å². The molecule has 0 aliphatic carbocycles. The summed E-state index contributed by atoms with van der Waals surface area (Å²) in [6.07, 6.45) is 1.09. The summed E-state index contributed by atoms with van der Waals surface area (Å²) in [5, 5.41) is 2.70. The van der Waals surface area contributed by atoms with Gasteiger partial charge in [0.25, 0.3) is 0 Å². The predicted molar refractivity (Wildman–Crippen MR) is 117 cm³/mol. The average molecular weight is 419 g/mol. The first-order valence-electron chi connectivity index (χ1n) is 9.51. The molecule has 0 radical (unpaired) electrons. The molecule has 6 nitrogen and oxygen atoms in total. The predicted octanol–water partition coefficient (Wildman–Crippen LogP) is 3.25. The van der Waals surface area contributed by atoms with Crippen molar-refractivity contribution in [3.8, 4) is 5.75 Å². The second kappa shape index (κ2) is 9.31. The van der Waals surface area contributed by atoms with Crippen molar-refractivity contribution in [2.75, 3.05) is 30.3 Å². The number of carbonyl (C=O) groups excluding carboxylic acids is 1. The van der Waals surface area contributed by atoms with Gasteiger partial charge in [-0.25, -0.2) is 8.42 Å². The smallest absolute Gasteiger partial charge is 0.240 e. The highest BCUT2D eigenvalue weighted by Gasteiger charge is 2.20. The maximum atomic E-state index is 12.2. The van der Waals surface area contributed by atoms with Crippen LogP contribution >= 0.6 is 0 Å². The van der Waals surface area contributed by atoms with Gasteiger partial charge < -0.3 is 10.1 Å². The van der Waals surface area contributed by atoms with Crippen LogP contribution in [0.4, 0.5) is 5.69 Å². The highest BCUT2D eigenvalue weighted by molar-refractivity contribution is 7.92. The Bertz CT molecular complexity index is 915. The minimum absolute atomic E-state index is 0.0788. The lowest BCUT2D eigenvalue weighted by Gasteiger charge is -2.22. The quantitative estimate of drug-likeness (QED) is 0.668. The van der Waals surface area contributed by atoms with Crippen molar-refractivity contribution in [1.29, 1.82) is 0 Å². The summed E-state index contributed by atoms with van der Waals surface area (Å²) in [6, 6.07) is 14.9. The Morgan fingerprint density at radius 3 is 2.14 bits per heavy atom. The van der Waals surface area contributed by atoms with Crippen LogP contribution in [0, 0.1) is 6.92 Å². The largest absolute Gasteiger partial charge is 0.492 e. The molecule has 0 heterocycles. The molecule has 0 aliphatic rings. The van der Waals surface area contributed by atoms with Gasteiger partial charge >= 0.3 is 0 Å². The Balaban J connectivity index is 1.85. The Morgan fingerprint density at radius 1 is 1.03 bits per heavy atom. The molecule has 2 rings (SSSR count). The monoisotopic (exact) mass is 418 g/mol. The normalized spacial score (nSPS) is 11.8. The first kappa shape index (κ1) is 22.7. The maximum absolute atomic E-state index is 12.2. The molecular weight excluding hydrogens is 388 g/mol. The zero-order valence-electron chi connectivity index (χ0n) is 17.7. The summed E-state index contributed by atoms with van der Waals surface area (Å²) in [6.45, 7) is 8.66. The molecule has 0 saturated carbocycles. The van der Waals surface area contributed by atoms with Gasteiger partial charge in [0.15, 0.2) is 0 Å². The number of ether oxygens (including phenoxy) is 1. The van der Waals surface area contributed by atoms with Crippen LogP contribution in [0.2, 0.25) is 0 Å². The Kier molecular flexibility index (Phi) is 7.30. The van der Waals surface area contributed by atoms with Crippen molar-refractivity contribution < 1.29 is 17.9 Å². The van der Waals surface area contributed by atoms with E-state index in [0.717, 1.165) is 21.9 Å². The third-order valence-corrected chi connectivity index (χ3v) is 5.56. The lowest BCUT2D eigenvalue weighted by Crippen LogP contribution is -2.41. The molecule has 0 saturated heterocycles. The number of amides is 1. The maximum Gasteiger partial charge on any atom is 0.240 e. The van der Waals surface area contributed by atoms with Crippen LogP contribution in [0.1, 0.15) is 31.9 Å². The van der Waals surface area contributed by atoms with Crippen molar-refractivity contribution >= 4 is 21.6 Å². The van der Waals surface area contributed by atoms with Gasteiger partial charge in [-0.15, -0.1) is 0 Å². The molecule has 2 aromatic carbocycles. The number of hydrogen-bond acceptors (Lipinski definition) is 4. The Hall–Kier alpha value is -2.54. The number of carbonyl (C=O) groups is 1. The van der Waals surface area contributed by atoms with Gasteiger partial charge in [0.2, 0.25) is 15.9 Å². The highest BCUT2D eigenvalue weighted by atomic mass is 32.2. The Morgan fingerprint density at radius 2 is 1.62 bits per heavy atom. The SMILES string of the molecule is Cc1ccc(N(CC(=O)NCCOc2ccc(C(C)(C)C)cc2)S(C)(=O)=O)cc1. The summed E-state index contributed by atoms with van der Waals surface area (Å²) in [4.78, 5) is 12.2. The first-order chi connectivity index (χ1) is 13.5.